The zero-order valence-electron chi connectivity index (χ0n) is 10.9. The maximum Gasteiger partial charge on any atom is 0.343 e. The van der Waals surface area contributed by atoms with Crippen molar-refractivity contribution in [2.45, 2.75) is 52.1 Å². The molecule has 0 radical (unpaired) electrons. The predicted molar refractivity (Wildman–Crippen MR) is 72.7 cm³/mol. The molecule has 0 aromatic carbocycles. The average molecular weight is 268 g/mol. The second-order valence-corrected chi connectivity index (χ2v) is 5.78. The van der Waals surface area contributed by atoms with Crippen LogP contribution in [0.1, 0.15) is 55.1 Å². The van der Waals surface area contributed by atoms with Gasteiger partial charge in [0.25, 0.3) is 0 Å². The first-order valence-electron chi connectivity index (χ1n) is 6.54. The Kier molecular flexibility index (Phi) is 4.22. The molecule has 0 bridgehead atoms. The Labute approximate surface area is 112 Å². The number of nitrogens with zero attached hydrogens (tertiary/aromatic N) is 1. The number of aromatic nitrogens is 1. The van der Waals surface area contributed by atoms with Gasteiger partial charge in [-0.2, -0.15) is 4.37 Å². The summed E-state index contributed by atoms with van der Waals surface area (Å²) >= 11 is 1.15. The van der Waals surface area contributed by atoms with Crippen LogP contribution in [-0.2, 0) is 4.74 Å². The van der Waals surface area contributed by atoms with Crippen molar-refractivity contribution in [3.8, 4) is 0 Å². The lowest BCUT2D eigenvalue weighted by atomic mass is 9.85. The third kappa shape index (κ3) is 2.83. The minimum Gasteiger partial charge on any atom is -0.459 e. The molecule has 2 rings (SSSR count). The van der Waals surface area contributed by atoms with E-state index in [1.54, 1.807) is 6.92 Å². The van der Waals surface area contributed by atoms with Crippen LogP contribution in [0.25, 0.3) is 0 Å². The third-order valence-electron chi connectivity index (χ3n) is 3.68. The number of carbonyl (C=O) groups excluding carboxylic acids is 1. The Bertz CT molecular complexity index is 411. The van der Waals surface area contributed by atoms with E-state index in [9.17, 15) is 4.79 Å². The molecule has 5 heteroatoms. The molecule has 0 amide bonds. The summed E-state index contributed by atoms with van der Waals surface area (Å²) in [5.74, 6) is 0.385. The maximum absolute atomic E-state index is 12.1. The Morgan fingerprint density at radius 2 is 2.33 bits per heavy atom. The molecule has 1 aromatic heterocycles. The van der Waals surface area contributed by atoms with Crippen LogP contribution >= 0.6 is 11.5 Å². The monoisotopic (exact) mass is 268 g/mol. The van der Waals surface area contributed by atoms with Crippen LogP contribution in [0.3, 0.4) is 0 Å². The second-order valence-electron chi connectivity index (χ2n) is 4.98. The molecule has 1 aliphatic rings. The highest BCUT2D eigenvalue weighted by atomic mass is 32.1. The van der Waals surface area contributed by atoms with Crippen molar-refractivity contribution in [1.29, 1.82) is 0 Å². The van der Waals surface area contributed by atoms with Gasteiger partial charge in [-0.1, -0.05) is 19.8 Å². The van der Waals surface area contributed by atoms with Gasteiger partial charge in [-0.05, 0) is 43.6 Å². The SMILES string of the molecule is CCC1CCCC(OC(=O)c2c(C)nsc2N)C1. The van der Waals surface area contributed by atoms with Crippen LogP contribution < -0.4 is 5.73 Å². The van der Waals surface area contributed by atoms with Crippen molar-refractivity contribution in [2.24, 2.45) is 5.92 Å². The van der Waals surface area contributed by atoms with Gasteiger partial charge in [0.1, 0.15) is 16.7 Å². The molecule has 0 saturated heterocycles. The van der Waals surface area contributed by atoms with Gasteiger partial charge in [0.15, 0.2) is 0 Å². The predicted octanol–water partition coefficient (Wildman–Crippen LogP) is 3.16. The molecule has 0 aliphatic heterocycles. The Balaban J connectivity index is 1.99. The molecule has 2 unspecified atom stereocenters. The first-order valence-corrected chi connectivity index (χ1v) is 7.31. The van der Waals surface area contributed by atoms with Gasteiger partial charge in [0.05, 0.1) is 5.69 Å². The minimum absolute atomic E-state index is 0.0508. The largest absolute Gasteiger partial charge is 0.459 e. The van der Waals surface area contributed by atoms with Gasteiger partial charge in [-0.3, -0.25) is 0 Å². The first-order chi connectivity index (χ1) is 8.61. The molecular weight excluding hydrogens is 248 g/mol. The van der Waals surface area contributed by atoms with Crippen molar-refractivity contribution in [3.05, 3.63) is 11.3 Å². The number of aryl methyl sites for hydroxylation is 1. The van der Waals surface area contributed by atoms with Crippen molar-refractivity contribution in [1.82, 2.24) is 4.37 Å². The number of nitrogens with two attached hydrogens (primary N) is 1. The fourth-order valence-corrected chi connectivity index (χ4v) is 3.21. The van der Waals surface area contributed by atoms with E-state index in [2.05, 4.69) is 11.3 Å². The summed E-state index contributed by atoms with van der Waals surface area (Å²) in [5.41, 5.74) is 6.88. The Hall–Kier alpha value is -1.10. The normalized spacial score (nSPS) is 23.9. The highest BCUT2D eigenvalue weighted by molar-refractivity contribution is 7.10. The molecule has 1 fully saturated rings. The van der Waals surface area contributed by atoms with Crippen LogP contribution in [0.5, 0.6) is 0 Å². The number of rotatable bonds is 3. The molecular formula is C13H20N2O2S. The Morgan fingerprint density at radius 1 is 1.56 bits per heavy atom. The van der Waals surface area contributed by atoms with Gasteiger partial charge < -0.3 is 10.5 Å². The number of hydrogen-bond donors (Lipinski definition) is 1. The van der Waals surface area contributed by atoms with Crippen molar-refractivity contribution >= 4 is 22.5 Å². The minimum atomic E-state index is -0.305. The summed E-state index contributed by atoms with van der Waals surface area (Å²) in [6.45, 7) is 3.99. The Morgan fingerprint density at radius 3 is 2.94 bits per heavy atom. The van der Waals surface area contributed by atoms with Gasteiger partial charge >= 0.3 is 5.97 Å². The second kappa shape index (κ2) is 5.69. The molecule has 0 spiro atoms. The van der Waals surface area contributed by atoms with Gasteiger partial charge in [-0.25, -0.2) is 4.79 Å². The lowest BCUT2D eigenvalue weighted by Crippen LogP contribution is -2.25. The van der Waals surface area contributed by atoms with E-state index in [0.717, 1.165) is 37.2 Å². The van der Waals surface area contributed by atoms with Crippen LogP contribution in [0.15, 0.2) is 0 Å². The first kappa shape index (κ1) is 13.3. The summed E-state index contributed by atoms with van der Waals surface area (Å²) in [7, 11) is 0. The van der Waals surface area contributed by atoms with Crippen LogP contribution in [0.4, 0.5) is 5.00 Å². The fraction of sp³-hybridized carbons (Fsp3) is 0.692. The highest BCUT2D eigenvalue weighted by Crippen LogP contribution is 2.30. The number of hydrogen-bond acceptors (Lipinski definition) is 5. The van der Waals surface area contributed by atoms with Gasteiger partial charge in [0.2, 0.25) is 0 Å². The molecule has 1 heterocycles. The van der Waals surface area contributed by atoms with Crippen LogP contribution in [0, 0.1) is 12.8 Å². The number of ether oxygens (including phenoxy) is 1. The lowest BCUT2D eigenvalue weighted by Gasteiger charge is -2.28. The molecule has 1 aromatic rings. The summed E-state index contributed by atoms with van der Waals surface area (Å²) in [5, 5.41) is 0.459. The molecule has 100 valence electrons. The number of anilines is 1. The number of esters is 1. The zero-order valence-corrected chi connectivity index (χ0v) is 11.8. The zero-order chi connectivity index (χ0) is 13.1. The van der Waals surface area contributed by atoms with Crippen molar-refractivity contribution < 1.29 is 9.53 Å². The molecule has 1 saturated carbocycles. The van der Waals surface area contributed by atoms with Crippen molar-refractivity contribution in [2.75, 3.05) is 5.73 Å². The van der Waals surface area contributed by atoms with Gasteiger partial charge in [0, 0.05) is 0 Å². The van der Waals surface area contributed by atoms with Crippen molar-refractivity contribution in [3.63, 3.8) is 0 Å². The molecule has 18 heavy (non-hydrogen) atoms. The maximum atomic E-state index is 12.1. The fourth-order valence-electron chi connectivity index (χ4n) is 2.57. The smallest absolute Gasteiger partial charge is 0.343 e. The van der Waals surface area contributed by atoms with Crippen LogP contribution in [0.2, 0.25) is 0 Å². The van der Waals surface area contributed by atoms with Gasteiger partial charge in [-0.15, -0.1) is 0 Å². The highest BCUT2D eigenvalue weighted by Gasteiger charge is 2.26. The summed E-state index contributed by atoms with van der Waals surface area (Å²) in [6, 6.07) is 0. The van der Waals surface area contributed by atoms with E-state index in [1.165, 1.54) is 6.42 Å². The van der Waals surface area contributed by atoms with E-state index in [1.807, 2.05) is 0 Å². The number of nitrogen functional groups attached to an aromatic ring is 1. The molecule has 2 N–H and O–H groups in total. The topological polar surface area (TPSA) is 65.2 Å². The van der Waals surface area contributed by atoms with Crippen LogP contribution in [-0.4, -0.2) is 16.4 Å². The lowest BCUT2D eigenvalue weighted by molar-refractivity contribution is 0.0140. The summed E-state index contributed by atoms with van der Waals surface area (Å²) in [6.07, 6.45) is 5.57. The van der Waals surface area contributed by atoms with E-state index < -0.39 is 0 Å². The standard InChI is InChI=1S/C13H20N2O2S/c1-3-9-5-4-6-10(7-9)17-13(16)11-8(2)15-18-12(11)14/h9-10H,3-7,14H2,1-2H3. The average Bonchev–Trinajstić information content (AvgIpc) is 2.69. The molecule has 1 aliphatic carbocycles. The van der Waals surface area contributed by atoms with E-state index >= 15 is 0 Å². The summed E-state index contributed by atoms with van der Waals surface area (Å²) < 4.78 is 9.65. The van der Waals surface area contributed by atoms with E-state index in [-0.39, 0.29) is 12.1 Å². The third-order valence-corrected chi connectivity index (χ3v) is 4.44. The van der Waals surface area contributed by atoms with E-state index in [0.29, 0.717) is 22.2 Å². The number of carbonyl (C=O) groups is 1. The molecule has 2 atom stereocenters. The molecule has 4 nitrogen and oxygen atoms in total. The quantitative estimate of drug-likeness (QED) is 0.855. The summed E-state index contributed by atoms with van der Waals surface area (Å²) in [4.78, 5) is 12.1. The van der Waals surface area contributed by atoms with E-state index in [4.69, 9.17) is 10.5 Å².